The van der Waals surface area contributed by atoms with Gasteiger partial charge in [0.05, 0.1) is 5.41 Å². The molecule has 1 aromatic carbocycles. The monoisotopic (exact) mass is 276 g/mol. The summed E-state index contributed by atoms with van der Waals surface area (Å²) >= 11 is 0. The van der Waals surface area contributed by atoms with Gasteiger partial charge in [-0.2, -0.15) is 0 Å². The number of benzene rings is 1. The van der Waals surface area contributed by atoms with Crippen molar-refractivity contribution >= 4 is 5.91 Å². The van der Waals surface area contributed by atoms with E-state index in [-0.39, 0.29) is 11.7 Å². The molecular weight excluding hydrogens is 252 g/mol. The van der Waals surface area contributed by atoms with Gasteiger partial charge in [-0.25, -0.2) is 0 Å². The van der Waals surface area contributed by atoms with Crippen molar-refractivity contribution < 1.29 is 9.90 Å². The van der Waals surface area contributed by atoms with Crippen LogP contribution in [-0.4, -0.2) is 17.6 Å². The fourth-order valence-corrected chi connectivity index (χ4v) is 2.95. The molecule has 1 amide bonds. The predicted molar refractivity (Wildman–Crippen MR) is 79.1 cm³/mol. The number of carbonyl (C=O) groups excluding carboxylic acids is 1. The summed E-state index contributed by atoms with van der Waals surface area (Å²) in [7, 11) is 0. The third-order valence-electron chi connectivity index (χ3n) is 4.36. The summed E-state index contributed by atoms with van der Waals surface area (Å²) in [5.74, 6) is 0.251. The highest BCUT2D eigenvalue weighted by Crippen LogP contribution is 2.34. The van der Waals surface area contributed by atoms with Crippen molar-refractivity contribution in [3.8, 4) is 5.75 Å². The van der Waals surface area contributed by atoms with Crippen molar-refractivity contribution in [1.29, 1.82) is 0 Å². The lowest BCUT2D eigenvalue weighted by Crippen LogP contribution is -2.45. The van der Waals surface area contributed by atoms with Gasteiger partial charge in [0, 0.05) is 18.7 Å². The zero-order chi connectivity index (χ0) is 14.4. The van der Waals surface area contributed by atoms with Gasteiger partial charge in [-0.3, -0.25) is 4.79 Å². The Balaban J connectivity index is 2.00. The van der Waals surface area contributed by atoms with Crippen LogP contribution < -0.4 is 11.1 Å². The van der Waals surface area contributed by atoms with E-state index in [1.165, 1.54) is 12.8 Å². The third-order valence-corrected chi connectivity index (χ3v) is 4.36. The fourth-order valence-electron chi connectivity index (χ4n) is 2.95. The van der Waals surface area contributed by atoms with Crippen LogP contribution in [0.4, 0.5) is 0 Å². The lowest BCUT2D eigenvalue weighted by atomic mass is 9.79. The summed E-state index contributed by atoms with van der Waals surface area (Å²) in [6, 6.07) is 7.07. The molecule has 1 aliphatic carbocycles. The zero-order valence-corrected chi connectivity index (χ0v) is 11.9. The fraction of sp³-hybridized carbons (Fsp3) is 0.562. The van der Waals surface area contributed by atoms with E-state index in [1.807, 2.05) is 12.1 Å². The van der Waals surface area contributed by atoms with Crippen LogP contribution in [-0.2, 0) is 11.3 Å². The van der Waals surface area contributed by atoms with E-state index in [4.69, 9.17) is 5.73 Å². The van der Waals surface area contributed by atoms with Crippen LogP contribution in [0.3, 0.4) is 0 Å². The largest absolute Gasteiger partial charge is 0.508 e. The second-order valence-electron chi connectivity index (χ2n) is 5.71. The van der Waals surface area contributed by atoms with E-state index in [9.17, 15) is 9.90 Å². The summed E-state index contributed by atoms with van der Waals surface area (Å²) in [6.45, 7) is 0.757. The molecule has 4 N–H and O–H groups in total. The van der Waals surface area contributed by atoms with Crippen molar-refractivity contribution in [2.45, 2.75) is 45.1 Å². The molecule has 110 valence electrons. The third kappa shape index (κ3) is 3.31. The van der Waals surface area contributed by atoms with Gasteiger partial charge in [0.1, 0.15) is 5.75 Å². The predicted octanol–water partition coefficient (Wildman–Crippen LogP) is 2.31. The molecule has 0 aliphatic heterocycles. The number of amides is 1. The smallest absolute Gasteiger partial charge is 0.227 e. The van der Waals surface area contributed by atoms with Crippen molar-refractivity contribution in [2.75, 3.05) is 6.54 Å². The number of carbonyl (C=O) groups is 1. The molecule has 1 fully saturated rings. The Morgan fingerprint density at radius 3 is 2.45 bits per heavy atom. The summed E-state index contributed by atoms with van der Waals surface area (Å²) in [5.41, 5.74) is 6.22. The van der Waals surface area contributed by atoms with Crippen LogP contribution in [0.15, 0.2) is 24.3 Å². The number of rotatable bonds is 4. The van der Waals surface area contributed by atoms with Gasteiger partial charge in [0.15, 0.2) is 0 Å². The number of phenols is 1. The first kappa shape index (κ1) is 14.9. The van der Waals surface area contributed by atoms with Crippen molar-refractivity contribution in [3.05, 3.63) is 29.8 Å². The number of hydrogen-bond donors (Lipinski definition) is 3. The van der Waals surface area contributed by atoms with Gasteiger partial charge >= 0.3 is 0 Å². The first-order chi connectivity index (χ1) is 9.68. The van der Waals surface area contributed by atoms with Crippen LogP contribution in [0.25, 0.3) is 0 Å². The minimum atomic E-state index is -0.416. The molecule has 20 heavy (non-hydrogen) atoms. The number of para-hydroxylation sites is 1. The maximum absolute atomic E-state index is 12.5. The molecule has 2 rings (SSSR count). The highest BCUT2D eigenvalue weighted by molar-refractivity contribution is 5.83. The Hall–Kier alpha value is -1.55. The number of hydrogen-bond acceptors (Lipinski definition) is 3. The maximum atomic E-state index is 12.5. The second-order valence-corrected chi connectivity index (χ2v) is 5.71. The van der Waals surface area contributed by atoms with Gasteiger partial charge in [-0.1, -0.05) is 43.9 Å². The van der Waals surface area contributed by atoms with E-state index in [2.05, 4.69) is 5.32 Å². The van der Waals surface area contributed by atoms with Crippen molar-refractivity contribution in [3.63, 3.8) is 0 Å². The first-order valence-corrected chi connectivity index (χ1v) is 7.43. The normalized spacial score (nSPS) is 18.2. The van der Waals surface area contributed by atoms with Crippen LogP contribution in [0.1, 0.15) is 44.1 Å². The van der Waals surface area contributed by atoms with Gasteiger partial charge in [-0.05, 0) is 18.9 Å². The van der Waals surface area contributed by atoms with E-state index in [0.29, 0.717) is 13.1 Å². The van der Waals surface area contributed by atoms with E-state index >= 15 is 0 Å². The number of phenolic OH excluding ortho intramolecular Hbond substituents is 1. The molecule has 0 aromatic heterocycles. The van der Waals surface area contributed by atoms with Crippen molar-refractivity contribution in [1.82, 2.24) is 5.32 Å². The molecule has 4 heteroatoms. The molecule has 0 bridgehead atoms. The lowest BCUT2D eigenvalue weighted by molar-refractivity contribution is -0.131. The Morgan fingerprint density at radius 2 is 1.85 bits per heavy atom. The first-order valence-electron chi connectivity index (χ1n) is 7.43. The van der Waals surface area contributed by atoms with Crippen LogP contribution in [0.5, 0.6) is 5.75 Å². The van der Waals surface area contributed by atoms with Crippen LogP contribution in [0, 0.1) is 5.41 Å². The Bertz CT molecular complexity index is 452. The Labute approximate surface area is 120 Å². The zero-order valence-electron chi connectivity index (χ0n) is 11.9. The van der Waals surface area contributed by atoms with Crippen molar-refractivity contribution in [2.24, 2.45) is 11.1 Å². The number of nitrogens with two attached hydrogens (primary N) is 1. The average molecular weight is 276 g/mol. The molecule has 0 spiro atoms. The number of nitrogens with one attached hydrogen (secondary N) is 1. The lowest BCUT2D eigenvalue weighted by Gasteiger charge is -2.29. The molecular formula is C16H24N2O2. The summed E-state index contributed by atoms with van der Waals surface area (Å²) < 4.78 is 0. The maximum Gasteiger partial charge on any atom is 0.227 e. The Morgan fingerprint density at radius 1 is 1.20 bits per heavy atom. The molecule has 0 radical (unpaired) electrons. The minimum Gasteiger partial charge on any atom is -0.508 e. The molecule has 0 unspecified atom stereocenters. The van der Waals surface area contributed by atoms with Gasteiger partial charge in [0.25, 0.3) is 0 Å². The quantitative estimate of drug-likeness (QED) is 0.739. The highest BCUT2D eigenvalue weighted by Gasteiger charge is 2.36. The highest BCUT2D eigenvalue weighted by atomic mass is 16.3. The number of aromatic hydroxyl groups is 1. The van der Waals surface area contributed by atoms with E-state index in [1.54, 1.807) is 12.1 Å². The molecule has 0 atom stereocenters. The van der Waals surface area contributed by atoms with E-state index in [0.717, 1.165) is 31.2 Å². The van der Waals surface area contributed by atoms with E-state index < -0.39 is 5.41 Å². The average Bonchev–Trinajstić information content (AvgIpc) is 2.72. The van der Waals surface area contributed by atoms with Gasteiger partial charge in [-0.15, -0.1) is 0 Å². The van der Waals surface area contributed by atoms with Gasteiger partial charge < -0.3 is 16.2 Å². The molecule has 0 saturated heterocycles. The Kier molecular flexibility index (Phi) is 5.01. The molecule has 1 aromatic rings. The molecule has 0 heterocycles. The minimum absolute atomic E-state index is 0.0325. The second kappa shape index (κ2) is 6.75. The molecule has 1 aliphatic rings. The summed E-state index contributed by atoms with van der Waals surface area (Å²) in [4.78, 5) is 12.5. The van der Waals surface area contributed by atoms with Gasteiger partial charge in [0.2, 0.25) is 5.91 Å². The van der Waals surface area contributed by atoms with Crippen LogP contribution >= 0.6 is 0 Å². The topological polar surface area (TPSA) is 75.4 Å². The molecule has 1 saturated carbocycles. The van der Waals surface area contributed by atoms with Crippen LogP contribution in [0.2, 0.25) is 0 Å². The summed E-state index contributed by atoms with van der Waals surface area (Å²) in [6.07, 6.45) is 6.26. The SMILES string of the molecule is NCC1(C(=O)NCc2ccccc2O)CCCCCC1. The standard InChI is InChI=1S/C16H24N2O2/c17-12-16(9-5-1-2-6-10-16)15(20)18-11-13-7-3-4-8-14(13)19/h3-4,7-8,19H,1-2,5-6,9-12,17H2,(H,18,20). The molecule has 4 nitrogen and oxygen atoms in total. The summed E-state index contributed by atoms with van der Waals surface area (Å²) in [5, 5.41) is 12.7.